The first kappa shape index (κ1) is 23.5. The van der Waals surface area contributed by atoms with E-state index < -0.39 is 17.7 Å². The van der Waals surface area contributed by atoms with Gasteiger partial charge in [-0.05, 0) is 50.5 Å². The molecule has 7 nitrogen and oxygen atoms in total. The van der Waals surface area contributed by atoms with E-state index in [1.807, 2.05) is 20.8 Å². The van der Waals surface area contributed by atoms with Crippen molar-refractivity contribution in [3.05, 3.63) is 65.5 Å². The molecule has 1 amide bonds. The highest BCUT2D eigenvalue weighted by molar-refractivity contribution is 6.46. The predicted molar refractivity (Wildman–Crippen MR) is 121 cm³/mol. The van der Waals surface area contributed by atoms with Crippen molar-refractivity contribution < 1.29 is 24.2 Å². The van der Waals surface area contributed by atoms with Crippen LogP contribution in [0.3, 0.4) is 0 Å². The zero-order valence-corrected chi connectivity index (χ0v) is 18.8. The van der Waals surface area contributed by atoms with Gasteiger partial charge in [-0.15, -0.1) is 0 Å². The fourth-order valence-corrected chi connectivity index (χ4v) is 3.66. The van der Waals surface area contributed by atoms with Crippen LogP contribution in [-0.2, 0) is 14.3 Å². The monoisotopic (exact) mass is 438 g/mol. The minimum atomic E-state index is -0.719. The van der Waals surface area contributed by atoms with Crippen LogP contribution in [-0.4, -0.2) is 52.5 Å². The molecule has 1 aromatic heterocycles. The number of likely N-dealkylation sites (tertiary alicyclic amines) is 1. The summed E-state index contributed by atoms with van der Waals surface area (Å²) in [5.74, 6) is -0.974. The summed E-state index contributed by atoms with van der Waals surface area (Å²) in [5.41, 5.74) is 1.14. The van der Waals surface area contributed by atoms with Gasteiger partial charge >= 0.3 is 0 Å². The summed E-state index contributed by atoms with van der Waals surface area (Å²) in [4.78, 5) is 31.6. The molecule has 1 aliphatic rings. The number of nitrogens with zero attached hydrogens (tertiary/aromatic N) is 2. The van der Waals surface area contributed by atoms with Gasteiger partial charge in [-0.1, -0.05) is 25.1 Å². The number of aliphatic hydroxyl groups is 1. The largest absolute Gasteiger partial charge is 0.507 e. The third-order valence-corrected chi connectivity index (χ3v) is 5.11. The van der Waals surface area contributed by atoms with Crippen molar-refractivity contribution in [2.45, 2.75) is 45.8 Å². The van der Waals surface area contributed by atoms with Crippen LogP contribution in [0.5, 0.6) is 5.75 Å². The summed E-state index contributed by atoms with van der Waals surface area (Å²) in [6, 6.07) is 9.73. The van der Waals surface area contributed by atoms with E-state index in [4.69, 9.17) is 9.47 Å². The number of aliphatic hydroxyl groups excluding tert-OH is 1. The molecule has 1 aromatic carbocycles. The van der Waals surface area contributed by atoms with Gasteiger partial charge in [0.05, 0.1) is 24.3 Å². The van der Waals surface area contributed by atoms with Gasteiger partial charge in [-0.3, -0.25) is 14.6 Å². The summed E-state index contributed by atoms with van der Waals surface area (Å²) in [6.07, 6.45) is 4.75. The van der Waals surface area contributed by atoms with Crippen LogP contribution >= 0.6 is 0 Å². The molecule has 0 radical (unpaired) electrons. The van der Waals surface area contributed by atoms with Crippen molar-refractivity contribution in [1.29, 1.82) is 0 Å². The Hall–Kier alpha value is -3.19. The number of pyridine rings is 1. The summed E-state index contributed by atoms with van der Waals surface area (Å²) in [6.45, 7) is 7.24. The zero-order valence-electron chi connectivity index (χ0n) is 18.8. The molecule has 170 valence electrons. The Balaban J connectivity index is 1.98. The number of benzene rings is 1. The average molecular weight is 439 g/mol. The fourth-order valence-electron chi connectivity index (χ4n) is 3.66. The van der Waals surface area contributed by atoms with Crippen molar-refractivity contribution in [2.24, 2.45) is 0 Å². The van der Waals surface area contributed by atoms with Gasteiger partial charge in [0.2, 0.25) is 0 Å². The Kier molecular flexibility index (Phi) is 8.00. The molecule has 1 N–H and O–H groups in total. The van der Waals surface area contributed by atoms with E-state index in [2.05, 4.69) is 4.98 Å². The van der Waals surface area contributed by atoms with E-state index in [0.717, 1.165) is 6.42 Å². The normalized spacial score (nSPS) is 17.9. The van der Waals surface area contributed by atoms with Gasteiger partial charge in [0, 0.05) is 31.1 Å². The second kappa shape index (κ2) is 10.9. The van der Waals surface area contributed by atoms with Crippen LogP contribution in [0, 0.1) is 0 Å². The first-order valence-electron chi connectivity index (χ1n) is 11.0. The molecular formula is C25H30N2O5. The number of ether oxygens (including phenoxy) is 2. The SMILES string of the molecule is CCCOc1cccc(/C(O)=C2/C(=O)C(=O)N(CCCOC(C)C)C2c2cccnc2)c1. The van der Waals surface area contributed by atoms with Gasteiger partial charge in [0.1, 0.15) is 11.5 Å². The lowest BCUT2D eigenvalue weighted by molar-refractivity contribution is -0.140. The maximum absolute atomic E-state index is 13.0. The Bertz CT molecular complexity index is 971. The summed E-state index contributed by atoms with van der Waals surface area (Å²) >= 11 is 0. The molecule has 1 atom stereocenters. The third-order valence-electron chi connectivity index (χ3n) is 5.11. The molecule has 0 bridgehead atoms. The van der Waals surface area contributed by atoms with Crippen LogP contribution in [0.15, 0.2) is 54.4 Å². The maximum atomic E-state index is 13.0. The number of Topliss-reactive ketones (excluding diaryl/α,β-unsaturated/α-hetero) is 1. The lowest BCUT2D eigenvalue weighted by Gasteiger charge is -2.25. The Morgan fingerprint density at radius 1 is 1.19 bits per heavy atom. The lowest BCUT2D eigenvalue weighted by Crippen LogP contribution is -2.31. The maximum Gasteiger partial charge on any atom is 0.295 e. The molecule has 0 spiro atoms. The van der Waals surface area contributed by atoms with Gasteiger partial charge in [-0.2, -0.15) is 0 Å². The number of aromatic nitrogens is 1. The van der Waals surface area contributed by atoms with E-state index >= 15 is 0 Å². The number of amides is 1. The van der Waals surface area contributed by atoms with Crippen molar-refractivity contribution >= 4 is 17.4 Å². The second-order valence-electron chi connectivity index (χ2n) is 7.93. The molecule has 1 aliphatic heterocycles. The summed E-state index contributed by atoms with van der Waals surface area (Å²) in [5, 5.41) is 11.1. The molecule has 1 fully saturated rings. The molecule has 0 aliphatic carbocycles. The molecule has 2 heterocycles. The second-order valence-corrected chi connectivity index (χ2v) is 7.93. The van der Waals surface area contributed by atoms with E-state index in [9.17, 15) is 14.7 Å². The Morgan fingerprint density at radius 2 is 2.00 bits per heavy atom. The number of carbonyl (C=O) groups excluding carboxylic acids is 2. The van der Waals surface area contributed by atoms with Crippen molar-refractivity contribution in [2.75, 3.05) is 19.8 Å². The predicted octanol–water partition coefficient (Wildman–Crippen LogP) is 4.11. The number of hydrogen-bond donors (Lipinski definition) is 1. The number of ketones is 1. The zero-order chi connectivity index (χ0) is 23.1. The van der Waals surface area contributed by atoms with Gasteiger partial charge < -0.3 is 19.5 Å². The van der Waals surface area contributed by atoms with E-state index in [-0.39, 0.29) is 17.4 Å². The van der Waals surface area contributed by atoms with E-state index in [1.165, 1.54) is 4.90 Å². The Morgan fingerprint density at radius 3 is 2.69 bits per heavy atom. The molecule has 1 saturated heterocycles. The van der Waals surface area contributed by atoms with Crippen LogP contribution in [0.2, 0.25) is 0 Å². The van der Waals surface area contributed by atoms with Crippen molar-refractivity contribution in [3.8, 4) is 5.75 Å². The van der Waals surface area contributed by atoms with Crippen molar-refractivity contribution in [3.63, 3.8) is 0 Å². The van der Waals surface area contributed by atoms with E-state index in [0.29, 0.717) is 43.1 Å². The number of hydrogen-bond acceptors (Lipinski definition) is 6. The highest BCUT2D eigenvalue weighted by atomic mass is 16.5. The van der Waals surface area contributed by atoms with Crippen molar-refractivity contribution in [1.82, 2.24) is 9.88 Å². The van der Waals surface area contributed by atoms with E-state index in [1.54, 1.807) is 48.8 Å². The van der Waals surface area contributed by atoms with Gasteiger partial charge in [-0.25, -0.2) is 0 Å². The molecule has 0 saturated carbocycles. The lowest BCUT2D eigenvalue weighted by atomic mass is 9.96. The standard InChI is InChI=1S/C25H30N2O5/c1-4-13-32-20-10-5-8-18(15-20)23(28)21-22(19-9-6-11-26-16-19)27(25(30)24(21)29)12-7-14-31-17(2)3/h5-6,8-11,15-17,22,28H,4,7,12-14H2,1-3H3/b23-21-. The topological polar surface area (TPSA) is 89.0 Å². The highest BCUT2D eigenvalue weighted by Crippen LogP contribution is 2.39. The molecule has 7 heteroatoms. The molecular weight excluding hydrogens is 408 g/mol. The summed E-state index contributed by atoms with van der Waals surface area (Å²) in [7, 11) is 0. The van der Waals surface area contributed by atoms with Crippen LogP contribution in [0.25, 0.3) is 5.76 Å². The molecule has 1 unspecified atom stereocenters. The first-order valence-corrected chi connectivity index (χ1v) is 11.0. The third kappa shape index (κ3) is 5.34. The molecule has 3 rings (SSSR count). The van der Waals surface area contributed by atoms with Crippen LogP contribution in [0.4, 0.5) is 0 Å². The van der Waals surface area contributed by atoms with Crippen LogP contribution in [0.1, 0.15) is 50.8 Å². The summed E-state index contributed by atoms with van der Waals surface area (Å²) < 4.78 is 11.2. The number of rotatable bonds is 10. The Labute approximate surface area is 188 Å². The highest BCUT2D eigenvalue weighted by Gasteiger charge is 2.45. The quantitative estimate of drug-likeness (QED) is 0.260. The van der Waals surface area contributed by atoms with Gasteiger partial charge in [0.25, 0.3) is 11.7 Å². The average Bonchev–Trinajstić information content (AvgIpc) is 3.05. The minimum Gasteiger partial charge on any atom is -0.507 e. The first-order chi connectivity index (χ1) is 15.4. The fraction of sp³-hybridized carbons (Fsp3) is 0.400. The van der Waals surface area contributed by atoms with Crippen LogP contribution < -0.4 is 4.74 Å². The minimum absolute atomic E-state index is 0.0559. The molecule has 2 aromatic rings. The van der Waals surface area contributed by atoms with Gasteiger partial charge in [0.15, 0.2) is 0 Å². The smallest absolute Gasteiger partial charge is 0.295 e. The molecule has 32 heavy (non-hydrogen) atoms. The number of carbonyl (C=O) groups is 2.